The van der Waals surface area contributed by atoms with E-state index in [9.17, 15) is 0 Å². The quantitative estimate of drug-likeness (QED) is 0.712. The fourth-order valence-electron chi connectivity index (χ4n) is 2.40. The Hall–Kier alpha value is -2.29. The van der Waals surface area contributed by atoms with Gasteiger partial charge in [0.15, 0.2) is 0 Å². The number of rotatable bonds is 3. The Labute approximate surface area is 118 Å². The first-order chi connectivity index (χ1) is 9.69. The summed E-state index contributed by atoms with van der Waals surface area (Å²) in [7, 11) is 1.68. The van der Waals surface area contributed by atoms with Crippen LogP contribution >= 0.6 is 0 Å². The summed E-state index contributed by atoms with van der Waals surface area (Å²) in [6, 6.07) is 14.3. The number of aromatic nitrogens is 2. The van der Waals surface area contributed by atoms with E-state index in [1.54, 1.807) is 7.11 Å². The van der Waals surface area contributed by atoms with E-state index in [1.165, 1.54) is 5.69 Å². The number of nitrogens with zero attached hydrogens (tertiary/aromatic N) is 2. The minimum absolute atomic E-state index is 0.469. The second-order valence-corrected chi connectivity index (χ2v) is 5.19. The summed E-state index contributed by atoms with van der Waals surface area (Å²) in [6.45, 7) is 4.39. The Bertz CT molecular complexity index is 726. The number of ether oxygens (including phenoxy) is 1. The molecule has 0 aliphatic rings. The molecule has 102 valence electrons. The van der Waals surface area contributed by atoms with Crippen molar-refractivity contribution in [1.82, 2.24) is 9.38 Å². The largest absolute Gasteiger partial charge is 0.497 e. The lowest BCUT2D eigenvalue weighted by Crippen LogP contribution is -1.96. The van der Waals surface area contributed by atoms with Gasteiger partial charge in [-0.3, -0.25) is 0 Å². The number of fused-ring (bicyclic) bond motifs is 1. The molecule has 0 spiro atoms. The summed E-state index contributed by atoms with van der Waals surface area (Å²) in [4.78, 5) is 4.70. The van der Waals surface area contributed by atoms with Crippen LogP contribution in [-0.4, -0.2) is 16.5 Å². The van der Waals surface area contributed by atoms with Gasteiger partial charge in [-0.1, -0.05) is 19.9 Å². The number of hydrogen-bond donors (Lipinski definition) is 0. The van der Waals surface area contributed by atoms with Crippen LogP contribution < -0.4 is 4.74 Å². The van der Waals surface area contributed by atoms with E-state index < -0.39 is 0 Å². The third-order valence-corrected chi connectivity index (χ3v) is 3.50. The molecule has 0 atom stereocenters. The Kier molecular flexibility index (Phi) is 3.18. The molecule has 0 aliphatic heterocycles. The topological polar surface area (TPSA) is 26.5 Å². The van der Waals surface area contributed by atoms with Crippen LogP contribution in [-0.2, 0) is 0 Å². The highest BCUT2D eigenvalue weighted by molar-refractivity contribution is 5.63. The first-order valence-electron chi connectivity index (χ1n) is 6.81. The zero-order valence-corrected chi connectivity index (χ0v) is 12.0. The summed E-state index contributed by atoms with van der Waals surface area (Å²) in [5.74, 6) is 1.33. The molecule has 0 amide bonds. The zero-order valence-electron chi connectivity index (χ0n) is 12.0. The molecular weight excluding hydrogens is 248 g/mol. The molecule has 2 aromatic heterocycles. The molecule has 20 heavy (non-hydrogen) atoms. The SMILES string of the molecule is COc1ccc(-c2cn3c(C(C)C)cccc3n2)cc1. The molecule has 2 heterocycles. The van der Waals surface area contributed by atoms with Crippen molar-refractivity contribution in [3.05, 3.63) is 54.4 Å². The van der Waals surface area contributed by atoms with Crippen molar-refractivity contribution >= 4 is 5.65 Å². The predicted molar refractivity (Wildman–Crippen MR) is 81.3 cm³/mol. The molecule has 3 aromatic rings. The van der Waals surface area contributed by atoms with E-state index in [4.69, 9.17) is 9.72 Å². The number of pyridine rings is 1. The summed E-state index contributed by atoms with van der Waals surface area (Å²) in [5.41, 5.74) is 4.35. The van der Waals surface area contributed by atoms with Crippen LogP contribution in [0.1, 0.15) is 25.5 Å². The highest BCUT2D eigenvalue weighted by Crippen LogP contribution is 2.24. The van der Waals surface area contributed by atoms with Gasteiger partial charge in [0.2, 0.25) is 0 Å². The monoisotopic (exact) mass is 266 g/mol. The Balaban J connectivity index is 2.10. The van der Waals surface area contributed by atoms with Gasteiger partial charge in [-0.2, -0.15) is 0 Å². The van der Waals surface area contributed by atoms with Crippen molar-refractivity contribution in [1.29, 1.82) is 0 Å². The molecule has 0 unspecified atom stereocenters. The maximum Gasteiger partial charge on any atom is 0.137 e. The minimum Gasteiger partial charge on any atom is -0.497 e. The van der Waals surface area contributed by atoms with Crippen LogP contribution in [0.4, 0.5) is 0 Å². The molecule has 3 rings (SSSR count). The molecule has 0 radical (unpaired) electrons. The van der Waals surface area contributed by atoms with Crippen LogP contribution in [0.5, 0.6) is 5.75 Å². The van der Waals surface area contributed by atoms with Gasteiger partial charge in [0.25, 0.3) is 0 Å². The average molecular weight is 266 g/mol. The van der Waals surface area contributed by atoms with E-state index in [-0.39, 0.29) is 0 Å². The van der Waals surface area contributed by atoms with Gasteiger partial charge in [0.1, 0.15) is 11.4 Å². The van der Waals surface area contributed by atoms with Crippen LogP contribution in [0, 0.1) is 0 Å². The second-order valence-electron chi connectivity index (χ2n) is 5.19. The summed E-state index contributed by atoms with van der Waals surface area (Å²) in [6.07, 6.45) is 2.10. The van der Waals surface area contributed by atoms with Gasteiger partial charge < -0.3 is 9.14 Å². The molecule has 3 heteroatoms. The molecule has 0 saturated heterocycles. The highest BCUT2D eigenvalue weighted by atomic mass is 16.5. The first-order valence-corrected chi connectivity index (χ1v) is 6.81. The molecule has 0 fully saturated rings. The van der Waals surface area contributed by atoms with Gasteiger partial charge in [-0.25, -0.2) is 4.98 Å². The maximum atomic E-state index is 5.19. The van der Waals surface area contributed by atoms with Crippen LogP contribution in [0.15, 0.2) is 48.7 Å². The molecule has 0 saturated carbocycles. The lowest BCUT2D eigenvalue weighted by Gasteiger charge is -2.07. The summed E-state index contributed by atoms with van der Waals surface area (Å²) < 4.78 is 7.36. The average Bonchev–Trinajstić information content (AvgIpc) is 2.90. The van der Waals surface area contributed by atoms with Crippen molar-refractivity contribution in [3.8, 4) is 17.0 Å². The number of benzene rings is 1. The second kappa shape index (κ2) is 5.00. The van der Waals surface area contributed by atoms with Gasteiger partial charge in [-0.15, -0.1) is 0 Å². The summed E-state index contributed by atoms with van der Waals surface area (Å²) in [5, 5.41) is 0. The fraction of sp³-hybridized carbons (Fsp3) is 0.235. The van der Waals surface area contributed by atoms with Crippen molar-refractivity contribution in [2.24, 2.45) is 0 Å². The van der Waals surface area contributed by atoms with E-state index in [0.29, 0.717) is 5.92 Å². The standard InChI is InChI=1S/C17H18N2O/c1-12(2)16-5-4-6-17-18-15(11-19(16)17)13-7-9-14(20-3)10-8-13/h4-12H,1-3H3. The van der Waals surface area contributed by atoms with Gasteiger partial charge >= 0.3 is 0 Å². The molecular formula is C17H18N2O. The number of methoxy groups -OCH3 is 1. The van der Waals surface area contributed by atoms with Crippen molar-refractivity contribution in [2.75, 3.05) is 7.11 Å². The lowest BCUT2D eigenvalue weighted by atomic mass is 10.1. The van der Waals surface area contributed by atoms with Crippen molar-refractivity contribution < 1.29 is 4.74 Å². The van der Waals surface area contributed by atoms with E-state index >= 15 is 0 Å². The zero-order chi connectivity index (χ0) is 14.1. The van der Waals surface area contributed by atoms with Crippen molar-refractivity contribution in [3.63, 3.8) is 0 Å². The molecule has 0 aliphatic carbocycles. The predicted octanol–water partition coefficient (Wildman–Crippen LogP) is 4.13. The first kappa shape index (κ1) is 12.7. The lowest BCUT2D eigenvalue weighted by molar-refractivity contribution is 0.415. The highest BCUT2D eigenvalue weighted by Gasteiger charge is 2.09. The van der Waals surface area contributed by atoms with E-state index in [0.717, 1.165) is 22.7 Å². The van der Waals surface area contributed by atoms with Gasteiger partial charge in [0.05, 0.1) is 12.8 Å². The fourth-order valence-corrected chi connectivity index (χ4v) is 2.40. The third-order valence-electron chi connectivity index (χ3n) is 3.50. The van der Waals surface area contributed by atoms with Crippen molar-refractivity contribution in [2.45, 2.75) is 19.8 Å². The van der Waals surface area contributed by atoms with E-state index in [2.05, 4.69) is 36.6 Å². The smallest absolute Gasteiger partial charge is 0.137 e. The molecule has 3 nitrogen and oxygen atoms in total. The van der Waals surface area contributed by atoms with Crippen LogP contribution in [0.3, 0.4) is 0 Å². The van der Waals surface area contributed by atoms with Crippen LogP contribution in [0.2, 0.25) is 0 Å². The normalized spacial score (nSPS) is 11.2. The molecule has 0 N–H and O–H groups in total. The summed E-state index contributed by atoms with van der Waals surface area (Å²) >= 11 is 0. The number of imidazole rings is 1. The maximum absolute atomic E-state index is 5.19. The van der Waals surface area contributed by atoms with E-state index in [1.807, 2.05) is 30.3 Å². The van der Waals surface area contributed by atoms with Crippen LogP contribution in [0.25, 0.3) is 16.9 Å². The minimum atomic E-state index is 0.469. The number of hydrogen-bond acceptors (Lipinski definition) is 2. The molecule has 0 bridgehead atoms. The molecule has 1 aromatic carbocycles. The Morgan fingerprint density at radius 2 is 1.80 bits per heavy atom. The Morgan fingerprint density at radius 1 is 1.05 bits per heavy atom. The Morgan fingerprint density at radius 3 is 2.45 bits per heavy atom. The van der Waals surface area contributed by atoms with Gasteiger partial charge in [-0.05, 0) is 42.3 Å². The third kappa shape index (κ3) is 2.16. The van der Waals surface area contributed by atoms with Gasteiger partial charge in [0, 0.05) is 17.5 Å².